The summed E-state index contributed by atoms with van der Waals surface area (Å²) in [6.07, 6.45) is 5.70. The molecule has 1 aliphatic rings. The minimum absolute atomic E-state index is 0.342. The third kappa shape index (κ3) is 4.15. The maximum Gasteiger partial charge on any atom is 0.336 e. The predicted octanol–water partition coefficient (Wildman–Crippen LogP) is 5.44. The molecule has 1 aromatic heterocycles. The van der Waals surface area contributed by atoms with Crippen molar-refractivity contribution >= 4 is 17.3 Å². The molecule has 1 aliphatic heterocycles. The van der Waals surface area contributed by atoms with Gasteiger partial charge in [-0.2, -0.15) is 0 Å². The van der Waals surface area contributed by atoms with E-state index >= 15 is 0 Å². The summed E-state index contributed by atoms with van der Waals surface area (Å²) < 4.78 is 6.01. The molecule has 0 bridgehead atoms. The first-order valence-electron chi connectivity index (χ1n) is 10.4. The van der Waals surface area contributed by atoms with Crippen molar-refractivity contribution in [3.05, 3.63) is 83.7 Å². The molecule has 0 unspecified atom stereocenters. The summed E-state index contributed by atoms with van der Waals surface area (Å²) in [5.74, 6) is 0.379. The fourth-order valence-electron chi connectivity index (χ4n) is 4.21. The molecule has 30 heavy (non-hydrogen) atoms. The van der Waals surface area contributed by atoms with E-state index in [1.165, 1.54) is 11.8 Å². The van der Waals surface area contributed by atoms with Gasteiger partial charge < -0.3 is 14.7 Å². The van der Waals surface area contributed by atoms with E-state index in [0.29, 0.717) is 24.5 Å². The van der Waals surface area contributed by atoms with Gasteiger partial charge in [0, 0.05) is 36.4 Å². The second kappa shape index (κ2) is 8.99. The van der Waals surface area contributed by atoms with Crippen LogP contribution in [0.2, 0.25) is 0 Å². The molecule has 154 valence electrons. The Kier molecular flexibility index (Phi) is 5.98. The van der Waals surface area contributed by atoms with Gasteiger partial charge in [0.2, 0.25) is 0 Å². The summed E-state index contributed by atoms with van der Waals surface area (Å²) in [4.78, 5) is 17.8. The molecule has 0 aliphatic carbocycles. The highest BCUT2D eigenvalue weighted by Gasteiger charge is 2.23. The van der Waals surface area contributed by atoms with Crippen molar-refractivity contribution in [1.29, 1.82) is 0 Å². The van der Waals surface area contributed by atoms with Crippen LogP contribution in [-0.2, 0) is 6.42 Å². The Balaban J connectivity index is 1.54. The monoisotopic (exact) mass is 402 g/mol. The lowest BCUT2D eigenvalue weighted by Crippen LogP contribution is -2.19. The number of benzene rings is 2. The second-order valence-corrected chi connectivity index (χ2v) is 7.51. The zero-order chi connectivity index (χ0) is 20.9. The topological polar surface area (TPSA) is 62.7 Å². The Labute approximate surface area is 177 Å². The van der Waals surface area contributed by atoms with Gasteiger partial charge in [-0.3, -0.25) is 4.98 Å². The number of aromatic carboxylic acids is 1. The molecular formula is C25H26N2O3. The molecule has 0 saturated heterocycles. The summed E-state index contributed by atoms with van der Waals surface area (Å²) in [7, 11) is 0. The average molecular weight is 402 g/mol. The summed E-state index contributed by atoms with van der Waals surface area (Å²) in [5.41, 5.74) is 4.61. The molecular weight excluding hydrogens is 376 g/mol. The molecule has 0 saturated carbocycles. The van der Waals surface area contributed by atoms with Crippen molar-refractivity contribution in [3.63, 3.8) is 0 Å². The first-order valence-corrected chi connectivity index (χ1v) is 10.4. The van der Waals surface area contributed by atoms with Crippen LogP contribution < -0.4 is 9.64 Å². The molecule has 4 rings (SSSR count). The van der Waals surface area contributed by atoms with Crippen LogP contribution in [0.25, 0.3) is 0 Å². The Hall–Kier alpha value is -3.34. The molecule has 1 atom stereocenters. The van der Waals surface area contributed by atoms with Crippen LogP contribution in [0.1, 0.15) is 47.2 Å². The van der Waals surface area contributed by atoms with Gasteiger partial charge in [-0.15, -0.1) is 0 Å². The first-order chi connectivity index (χ1) is 14.7. The second-order valence-electron chi connectivity index (χ2n) is 7.51. The van der Waals surface area contributed by atoms with E-state index in [9.17, 15) is 9.90 Å². The van der Waals surface area contributed by atoms with Gasteiger partial charge in [-0.1, -0.05) is 24.3 Å². The smallest absolute Gasteiger partial charge is 0.336 e. The predicted molar refractivity (Wildman–Crippen MR) is 118 cm³/mol. The van der Waals surface area contributed by atoms with E-state index in [1.807, 2.05) is 18.2 Å². The highest BCUT2D eigenvalue weighted by atomic mass is 16.5. The number of para-hydroxylation sites is 1. The van der Waals surface area contributed by atoms with Crippen molar-refractivity contribution in [1.82, 2.24) is 4.98 Å². The Bertz CT molecular complexity index is 1020. The van der Waals surface area contributed by atoms with Gasteiger partial charge in [0.1, 0.15) is 5.75 Å². The number of anilines is 2. The van der Waals surface area contributed by atoms with Gasteiger partial charge in [0.15, 0.2) is 0 Å². The van der Waals surface area contributed by atoms with Gasteiger partial charge in [-0.05, 0) is 67.5 Å². The molecule has 2 heterocycles. The lowest BCUT2D eigenvalue weighted by atomic mass is 9.87. The van der Waals surface area contributed by atoms with Gasteiger partial charge >= 0.3 is 5.97 Å². The largest absolute Gasteiger partial charge is 0.493 e. The number of ether oxygens (including phenoxy) is 1. The molecule has 3 aromatic rings. The molecule has 2 aromatic carbocycles. The Morgan fingerprint density at radius 3 is 2.77 bits per heavy atom. The molecule has 1 N–H and O–H groups in total. The normalized spacial score (nSPS) is 15.2. The molecule has 5 heteroatoms. The minimum atomic E-state index is -0.898. The maximum absolute atomic E-state index is 11.5. The number of pyridine rings is 1. The van der Waals surface area contributed by atoms with Crippen LogP contribution in [0.5, 0.6) is 5.75 Å². The van der Waals surface area contributed by atoms with E-state index in [4.69, 9.17) is 4.74 Å². The van der Waals surface area contributed by atoms with Crippen LogP contribution in [0, 0.1) is 0 Å². The van der Waals surface area contributed by atoms with Crippen molar-refractivity contribution in [2.75, 3.05) is 18.1 Å². The van der Waals surface area contributed by atoms with Crippen LogP contribution in [0.15, 0.2) is 67.0 Å². The molecule has 0 spiro atoms. The Morgan fingerprint density at radius 1 is 1.17 bits per heavy atom. The molecule has 5 nitrogen and oxygen atoms in total. The van der Waals surface area contributed by atoms with E-state index in [0.717, 1.165) is 42.1 Å². The highest BCUT2D eigenvalue weighted by Crippen LogP contribution is 2.40. The number of fused-ring (bicyclic) bond motifs is 1. The summed E-state index contributed by atoms with van der Waals surface area (Å²) in [6.45, 7) is 3.69. The number of aryl methyl sites for hydroxylation is 1. The summed E-state index contributed by atoms with van der Waals surface area (Å²) in [5, 5.41) is 9.41. The van der Waals surface area contributed by atoms with Gasteiger partial charge in [0.25, 0.3) is 0 Å². The molecule has 0 radical (unpaired) electrons. The lowest BCUT2D eigenvalue weighted by Gasteiger charge is -2.29. The van der Waals surface area contributed by atoms with Crippen LogP contribution in [0.4, 0.5) is 11.4 Å². The van der Waals surface area contributed by atoms with Crippen molar-refractivity contribution in [2.45, 2.75) is 32.1 Å². The average Bonchev–Trinajstić information content (AvgIpc) is 2.79. The maximum atomic E-state index is 11.5. The van der Waals surface area contributed by atoms with E-state index in [-0.39, 0.29) is 0 Å². The van der Waals surface area contributed by atoms with Crippen molar-refractivity contribution < 1.29 is 14.6 Å². The first kappa shape index (κ1) is 20.0. The molecule has 0 fully saturated rings. The van der Waals surface area contributed by atoms with E-state index < -0.39 is 5.97 Å². The SMILES string of the molecule is CCN(c1ccccc1)c1ccc2c(c1)OCC[C@H]2CCc1cnccc1C(=O)O. The van der Waals surface area contributed by atoms with Crippen LogP contribution in [0.3, 0.4) is 0 Å². The zero-order valence-corrected chi connectivity index (χ0v) is 17.1. The number of hydrogen-bond acceptors (Lipinski definition) is 4. The summed E-state index contributed by atoms with van der Waals surface area (Å²) >= 11 is 0. The van der Waals surface area contributed by atoms with Crippen LogP contribution in [-0.4, -0.2) is 29.2 Å². The van der Waals surface area contributed by atoms with Crippen molar-refractivity contribution in [2.24, 2.45) is 0 Å². The van der Waals surface area contributed by atoms with Crippen molar-refractivity contribution in [3.8, 4) is 5.75 Å². The number of nitrogens with zero attached hydrogens (tertiary/aromatic N) is 2. The zero-order valence-electron chi connectivity index (χ0n) is 17.1. The lowest BCUT2D eigenvalue weighted by molar-refractivity contribution is 0.0695. The van der Waals surface area contributed by atoms with Crippen LogP contribution >= 0.6 is 0 Å². The highest BCUT2D eigenvalue weighted by molar-refractivity contribution is 5.89. The number of hydrogen-bond donors (Lipinski definition) is 1. The number of rotatable bonds is 7. The van der Waals surface area contributed by atoms with Gasteiger partial charge in [0.05, 0.1) is 12.2 Å². The fraction of sp³-hybridized carbons (Fsp3) is 0.280. The van der Waals surface area contributed by atoms with E-state index in [1.54, 1.807) is 12.3 Å². The summed E-state index contributed by atoms with van der Waals surface area (Å²) in [6, 6.07) is 18.4. The quantitative estimate of drug-likeness (QED) is 0.570. The van der Waals surface area contributed by atoms with Gasteiger partial charge in [-0.25, -0.2) is 4.79 Å². The van der Waals surface area contributed by atoms with E-state index in [2.05, 4.69) is 47.1 Å². The standard InChI is InChI=1S/C25H26N2O3/c1-2-27(20-6-4-3-5-7-20)21-10-11-22-18(13-15-30-24(22)16-21)8-9-19-17-26-14-12-23(19)25(28)29/h3-7,10-12,14,16-18H,2,8-9,13,15H2,1H3,(H,28,29)/t18-/m1/s1. The number of carboxylic acids is 1. The number of carboxylic acid groups (broad SMARTS) is 1. The number of aromatic nitrogens is 1. The number of carbonyl (C=O) groups is 1. The third-order valence-corrected chi connectivity index (χ3v) is 5.75. The fourth-order valence-corrected chi connectivity index (χ4v) is 4.21. The third-order valence-electron chi connectivity index (χ3n) is 5.75. The Morgan fingerprint density at radius 2 is 2.00 bits per heavy atom. The minimum Gasteiger partial charge on any atom is -0.493 e. The molecule has 0 amide bonds.